The summed E-state index contributed by atoms with van der Waals surface area (Å²) in [6, 6.07) is 10.3. The topological polar surface area (TPSA) is 135 Å². The molecular formula is C24H19Cl2N5O6S. The van der Waals surface area contributed by atoms with E-state index in [9.17, 15) is 23.1 Å². The SMILES string of the molecule is O=C(O)CN(c1ccc2c(ccn2-c2cnc(N3CCOCC3=O)cn2)c1)S(=O)(=O)c1cc(Cl)cc(Cl)c1. The lowest BCUT2D eigenvalue weighted by Gasteiger charge is -2.25. The third-order valence-corrected chi connectivity index (χ3v) is 7.99. The maximum absolute atomic E-state index is 13.4. The first-order valence-corrected chi connectivity index (χ1v) is 13.4. The molecule has 1 amide bonds. The number of carbonyl (C=O) groups excluding carboxylic acids is 1. The number of benzene rings is 2. The van der Waals surface area contributed by atoms with Crippen molar-refractivity contribution in [3.05, 3.63) is 71.1 Å². The summed E-state index contributed by atoms with van der Waals surface area (Å²) >= 11 is 12.0. The molecule has 3 heterocycles. The van der Waals surface area contributed by atoms with Crippen molar-refractivity contribution < 1.29 is 27.9 Å². The van der Waals surface area contributed by atoms with Crippen molar-refractivity contribution in [2.75, 3.05) is 35.5 Å². The van der Waals surface area contributed by atoms with Gasteiger partial charge in [-0.2, -0.15) is 0 Å². The number of ether oxygens (including phenoxy) is 1. The summed E-state index contributed by atoms with van der Waals surface area (Å²) in [5.41, 5.74) is 0.817. The number of fused-ring (bicyclic) bond motifs is 1. The second-order valence-corrected chi connectivity index (χ2v) is 11.0. The lowest BCUT2D eigenvalue weighted by atomic mass is 10.2. The van der Waals surface area contributed by atoms with Crippen LogP contribution in [0.15, 0.2) is 66.0 Å². The Morgan fingerprint density at radius 3 is 2.42 bits per heavy atom. The van der Waals surface area contributed by atoms with Crippen molar-refractivity contribution in [1.82, 2.24) is 14.5 Å². The molecule has 4 aromatic rings. The maximum atomic E-state index is 13.4. The second-order valence-electron chi connectivity index (χ2n) is 8.27. The Kier molecular flexibility index (Phi) is 6.97. The number of aromatic nitrogens is 3. The minimum Gasteiger partial charge on any atom is -0.480 e. The summed E-state index contributed by atoms with van der Waals surface area (Å²) in [4.78, 5) is 33.7. The molecule has 1 aliphatic rings. The highest BCUT2D eigenvalue weighted by molar-refractivity contribution is 7.92. The predicted molar refractivity (Wildman–Crippen MR) is 141 cm³/mol. The van der Waals surface area contributed by atoms with E-state index in [-0.39, 0.29) is 33.1 Å². The molecule has 0 atom stereocenters. The Morgan fingerprint density at radius 1 is 1.05 bits per heavy atom. The van der Waals surface area contributed by atoms with Crippen molar-refractivity contribution in [3.8, 4) is 5.82 Å². The number of hydrogen-bond acceptors (Lipinski definition) is 7. The third-order valence-electron chi connectivity index (χ3n) is 5.80. The average Bonchev–Trinajstić information content (AvgIpc) is 3.30. The molecule has 0 radical (unpaired) electrons. The van der Waals surface area contributed by atoms with Gasteiger partial charge in [0.1, 0.15) is 13.2 Å². The Balaban J connectivity index is 1.49. The van der Waals surface area contributed by atoms with Gasteiger partial charge in [-0.05, 0) is 42.5 Å². The fraction of sp³-hybridized carbons (Fsp3) is 0.167. The Hall–Kier alpha value is -3.71. The monoisotopic (exact) mass is 575 g/mol. The van der Waals surface area contributed by atoms with Crippen molar-refractivity contribution in [3.63, 3.8) is 0 Å². The minimum atomic E-state index is -4.31. The molecule has 5 rings (SSSR count). The van der Waals surface area contributed by atoms with Gasteiger partial charge in [-0.1, -0.05) is 23.2 Å². The van der Waals surface area contributed by atoms with Crippen LogP contribution in [0.2, 0.25) is 10.0 Å². The van der Waals surface area contributed by atoms with Crippen LogP contribution in [-0.4, -0.2) is 66.2 Å². The lowest BCUT2D eigenvalue weighted by Crippen LogP contribution is -2.42. The van der Waals surface area contributed by atoms with Gasteiger partial charge < -0.3 is 9.84 Å². The van der Waals surface area contributed by atoms with Gasteiger partial charge in [0.15, 0.2) is 11.6 Å². The number of rotatable bonds is 7. The number of anilines is 2. The van der Waals surface area contributed by atoms with E-state index < -0.39 is 22.5 Å². The molecule has 1 fully saturated rings. The normalized spacial score (nSPS) is 14.2. The third kappa shape index (κ3) is 5.03. The number of carbonyl (C=O) groups is 2. The van der Waals surface area contributed by atoms with Crippen LogP contribution in [0.25, 0.3) is 16.7 Å². The molecule has 0 spiro atoms. The van der Waals surface area contributed by atoms with Crippen LogP contribution in [0.1, 0.15) is 0 Å². The summed E-state index contributed by atoms with van der Waals surface area (Å²) in [6.07, 6.45) is 4.75. The molecular weight excluding hydrogens is 557 g/mol. The van der Waals surface area contributed by atoms with Gasteiger partial charge >= 0.3 is 5.97 Å². The Morgan fingerprint density at radius 2 is 1.76 bits per heavy atom. The fourth-order valence-corrected chi connectivity index (χ4v) is 6.20. The van der Waals surface area contributed by atoms with Gasteiger partial charge in [-0.15, -0.1) is 0 Å². The number of nitrogens with zero attached hydrogens (tertiary/aromatic N) is 5. The molecule has 1 N–H and O–H groups in total. The number of sulfonamides is 1. The highest BCUT2D eigenvalue weighted by Crippen LogP contribution is 2.31. The molecule has 1 saturated heterocycles. The first kappa shape index (κ1) is 25.9. The van der Waals surface area contributed by atoms with E-state index in [0.29, 0.717) is 35.7 Å². The van der Waals surface area contributed by atoms with Crippen LogP contribution in [0.5, 0.6) is 0 Å². The maximum Gasteiger partial charge on any atom is 0.324 e. The molecule has 1 aliphatic heterocycles. The van der Waals surface area contributed by atoms with Crippen molar-refractivity contribution >= 4 is 67.5 Å². The number of hydrogen-bond donors (Lipinski definition) is 1. The highest BCUT2D eigenvalue weighted by Gasteiger charge is 2.28. The summed E-state index contributed by atoms with van der Waals surface area (Å²) in [5.74, 6) is -0.649. The molecule has 0 saturated carbocycles. The summed E-state index contributed by atoms with van der Waals surface area (Å²) in [5, 5.41) is 10.3. The lowest BCUT2D eigenvalue weighted by molar-refractivity contribution is -0.135. The summed E-state index contributed by atoms with van der Waals surface area (Å²) in [6.45, 7) is -0.0171. The fourth-order valence-electron chi connectivity index (χ4n) is 4.07. The number of carboxylic acid groups (broad SMARTS) is 1. The molecule has 38 heavy (non-hydrogen) atoms. The van der Waals surface area contributed by atoms with Gasteiger partial charge in [0.25, 0.3) is 15.9 Å². The average molecular weight is 576 g/mol. The van der Waals surface area contributed by atoms with Crippen LogP contribution in [0.4, 0.5) is 11.5 Å². The van der Waals surface area contributed by atoms with Gasteiger partial charge in [-0.3, -0.25) is 23.4 Å². The summed E-state index contributed by atoms with van der Waals surface area (Å²) in [7, 11) is -4.31. The van der Waals surface area contributed by atoms with Crippen LogP contribution in [0.3, 0.4) is 0 Å². The van der Waals surface area contributed by atoms with E-state index in [1.807, 2.05) is 0 Å². The van der Waals surface area contributed by atoms with E-state index in [0.717, 1.165) is 4.31 Å². The number of amides is 1. The van der Waals surface area contributed by atoms with Gasteiger partial charge in [0.05, 0.1) is 41.6 Å². The van der Waals surface area contributed by atoms with Gasteiger partial charge in [0, 0.05) is 21.6 Å². The van der Waals surface area contributed by atoms with Gasteiger partial charge in [-0.25, -0.2) is 18.4 Å². The van der Waals surface area contributed by atoms with E-state index in [1.54, 1.807) is 29.0 Å². The minimum absolute atomic E-state index is 0.00697. The zero-order valence-corrected chi connectivity index (χ0v) is 21.8. The van der Waals surface area contributed by atoms with Crippen molar-refractivity contribution in [2.45, 2.75) is 4.90 Å². The van der Waals surface area contributed by atoms with Crippen LogP contribution < -0.4 is 9.21 Å². The zero-order valence-electron chi connectivity index (χ0n) is 19.5. The number of aliphatic carboxylic acids is 1. The molecule has 2 aromatic heterocycles. The second kappa shape index (κ2) is 10.2. The largest absolute Gasteiger partial charge is 0.480 e. The molecule has 2 aromatic carbocycles. The number of halogens is 2. The van der Waals surface area contributed by atoms with E-state index in [4.69, 9.17) is 27.9 Å². The van der Waals surface area contributed by atoms with Crippen molar-refractivity contribution in [1.29, 1.82) is 0 Å². The van der Waals surface area contributed by atoms with Crippen LogP contribution >= 0.6 is 23.2 Å². The summed E-state index contributed by atoms with van der Waals surface area (Å²) < 4.78 is 34.5. The van der Waals surface area contributed by atoms with E-state index >= 15 is 0 Å². The van der Waals surface area contributed by atoms with E-state index in [2.05, 4.69) is 9.97 Å². The quantitative estimate of drug-likeness (QED) is 0.354. The number of carboxylic acids is 1. The van der Waals surface area contributed by atoms with Crippen LogP contribution in [-0.2, 0) is 24.3 Å². The highest BCUT2D eigenvalue weighted by atomic mass is 35.5. The molecule has 0 unspecified atom stereocenters. The first-order chi connectivity index (χ1) is 18.1. The first-order valence-electron chi connectivity index (χ1n) is 11.2. The molecule has 196 valence electrons. The predicted octanol–water partition coefficient (Wildman–Crippen LogP) is 3.37. The molecule has 11 nitrogen and oxygen atoms in total. The van der Waals surface area contributed by atoms with Gasteiger partial charge in [0.2, 0.25) is 0 Å². The van der Waals surface area contributed by atoms with Crippen molar-refractivity contribution in [2.24, 2.45) is 0 Å². The molecule has 0 bridgehead atoms. The zero-order chi connectivity index (χ0) is 27.0. The smallest absolute Gasteiger partial charge is 0.324 e. The Labute approximate surface area is 226 Å². The van der Waals surface area contributed by atoms with E-state index in [1.165, 1.54) is 41.6 Å². The standard InChI is InChI=1S/C24H19Cl2N5O6S/c25-16-8-17(26)10-19(9-16)38(35,36)31(13-24(33)34)18-1-2-20-15(7-18)3-4-29(20)21-11-28-22(12-27-21)30-5-6-37-14-23(30)32/h1-4,7-12H,5-6,13-14H2,(H,33,34). The van der Waals surface area contributed by atoms with Crippen LogP contribution in [0, 0.1) is 0 Å². The molecule has 14 heteroatoms. The number of morpholine rings is 1. The Bertz CT molecular complexity index is 1640. The molecule has 0 aliphatic carbocycles.